The second-order valence-corrected chi connectivity index (χ2v) is 6.85. The van der Waals surface area contributed by atoms with Gasteiger partial charge in [0.25, 0.3) is 5.89 Å². The Kier molecular flexibility index (Phi) is 4.10. The molecule has 2 aromatic heterocycles. The number of rotatable bonds is 4. The topological polar surface area (TPSA) is 38.9 Å². The average Bonchev–Trinajstić information content (AvgIpc) is 3.11. The van der Waals surface area contributed by atoms with Crippen molar-refractivity contribution < 1.29 is 4.42 Å². The SMILES string of the molecule is CC(Sc1ccccc1Cl)c1nnc(-c2cccs2)o1. The van der Waals surface area contributed by atoms with E-state index in [1.807, 2.05) is 48.7 Å². The van der Waals surface area contributed by atoms with Gasteiger partial charge in [-0.25, -0.2) is 0 Å². The summed E-state index contributed by atoms with van der Waals surface area (Å²) in [7, 11) is 0. The van der Waals surface area contributed by atoms with Gasteiger partial charge in [0.15, 0.2) is 0 Å². The van der Waals surface area contributed by atoms with Crippen LogP contribution < -0.4 is 0 Å². The number of aromatic nitrogens is 2. The first-order valence-corrected chi connectivity index (χ1v) is 8.16. The van der Waals surface area contributed by atoms with E-state index in [0.717, 1.165) is 14.8 Å². The average molecular weight is 323 g/mol. The molecule has 0 aliphatic heterocycles. The number of hydrogen-bond donors (Lipinski definition) is 0. The van der Waals surface area contributed by atoms with Crippen molar-refractivity contribution in [2.75, 3.05) is 0 Å². The molecule has 1 aromatic carbocycles. The molecule has 0 radical (unpaired) electrons. The van der Waals surface area contributed by atoms with E-state index in [9.17, 15) is 0 Å². The lowest BCUT2D eigenvalue weighted by Crippen LogP contribution is -1.88. The number of hydrogen-bond acceptors (Lipinski definition) is 5. The van der Waals surface area contributed by atoms with Crippen molar-refractivity contribution in [2.24, 2.45) is 0 Å². The van der Waals surface area contributed by atoms with Crippen LogP contribution in [0, 0.1) is 0 Å². The van der Waals surface area contributed by atoms with Crippen LogP contribution in [0.2, 0.25) is 5.02 Å². The molecular weight excluding hydrogens is 312 g/mol. The van der Waals surface area contributed by atoms with Crippen LogP contribution in [0.1, 0.15) is 18.1 Å². The molecule has 0 amide bonds. The maximum Gasteiger partial charge on any atom is 0.257 e. The zero-order valence-corrected chi connectivity index (χ0v) is 13.0. The lowest BCUT2D eigenvalue weighted by Gasteiger charge is -2.07. The molecule has 20 heavy (non-hydrogen) atoms. The van der Waals surface area contributed by atoms with Crippen LogP contribution >= 0.6 is 34.7 Å². The lowest BCUT2D eigenvalue weighted by molar-refractivity contribution is 0.510. The second kappa shape index (κ2) is 5.99. The lowest BCUT2D eigenvalue weighted by atomic mass is 10.4. The predicted molar refractivity (Wildman–Crippen MR) is 83.3 cm³/mol. The molecule has 0 fully saturated rings. The summed E-state index contributed by atoms with van der Waals surface area (Å²) in [5.41, 5.74) is 0. The van der Waals surface area contributed by atoms with Crippen molar-refractivity contribution in [2.45, 2.75) is 17.1 Å². The first-order valence-electron chi connectivity index (χ1n) is 6.02. The summed E-state index contributed by atoms with van der Waals surface area (Å²) in [6.45, 7) is 2.03. The predicted octanol–water partition coefficient (Wildman–Crippen LogP) is 5.30. The van der Waals surface area contributed by atoms with Gasteiger partial charge < -0.3 is 4.42 Å². The van der Waals surface area contributed by atoms with E-state index in [0.29, 0.717) is 11.8 Å². The van der Waals surface area contributed by atoms with Crippen LogP contribution in [0.4, 0.5) is 0 Å². The molecule has 3 rings (SSSR count). The van der Waals surface area contributed by atoms with Crippen molar-refractivity contribution in [3.05, 3.63) is 52.7 Å². The monoisotopic (exact) mass is 322 g/mol. The van der Waals surface area contributed by atoms with Crippen molar-refractivity contribution in [3.8, 4) is 10.8 Å². The minimum Gasteiger partial charge on any atom is -0.419 e. The minimum atomic E-state index is 0.0520. The largest absolute Gasteiger partial charge is 0.419 e. The fourth-order valence-corrected chi connectivity index (χ4v) is 3.51. The van der Waals surface area contributed by atoms with Gasteiger partial charge in [-0.3, -0.25) is 0 Å². The molecule has 102 valence electrons. The quantitative estimate of drug-likeness (QED) is 0.610. The summed E-state index contributed by atoms with van der Waals surface area (Å²) in [5, 5.41) is 11.0. The van der Waals surface area contributed by atoms with Gasteiger partial charge in [-0.1, -0.05) is 29.8 Å². The smallest absolute Gasteiger partial charge is 0.257 e. The maximum atomic E-state index is 6.16. The number of nitrogens with zero attached hydrogens (tertiary/aromatic N) is 2. The molecule has 3 aromatic rings. The summed E-state index contributed by atoms with van der Waals surface area (Å²) in [4.78, 5) is 2.00. The first-order chi connectivity index (χ1) is 9.74. The maximum absolute atomic E-state index is 6.16. The highest BCUT2D eigenvalue weighted by atomic mass is 35.5. The Labute approximate surface area is 130 Å². The van der Waals surface area contributed by atoms with E-state index < -0.39 is 0 Å². The van der Waals surface area contributed by atoms with Crippen LogP contribution in [-0.2, 0) is 0 Å². The molecular formula is C14H11ClN2OS2. The van der Waals surface area contributed by atoms with Crippen molar-refractivity contribution in [3.63, 3.8) is 0 Å². The van der Waals surface area contributed by atoms with E-state index in [1.54, 1.807) is 23.1 Å². The molecule has 6 heteroatoms. The second-order valence-electron chi connectivity index (χ2n) is 4.11. The molecule has 0 saturated carbocycles. The van der Waals surface area contributed by atoms with E-state index >= 15 is 0 Å². The third-order valence-electron chi connectivity index (χ3n) is 2.66. The van der Waals surface area contributed by atoms with E-state index in [2.05, 4.69) is 10.2 Å². The fourth-order valence-electron chi connectivity index (χ4n) is 1.68. The van der Waals surface area contributed by atoms with Crippen LogP contribution in [0.15, 0.2) is 51.1 Å². The summed E-state index contributed by atoms with van der Waals surface area (Å²) in [6.07, 6.45) is 0. The molecule has 0 N–H and O–H groups in total. The molecule has 0 bridgehead atoms. The number of thioether (sulfide) groups is 1. The highest BCUT2D eigenvalue weighted by molar-refractivity contribution is 7.99. The zero-order chi connectivity index (χ0) is 13.9. The summed E-state index contributed by atoms with van der Waals surface area (Å²) in [6, 6.07) is 11.7. The van der Waals surface area contributed by atoms with Crippen LogP contribution in [-0.4, -0.2) is 10.2 Å². The Morgan fingerprint density at radius 2 is 2.05 bits per heavy atom. The van der Waals surface area contributed by atoms with Gasteiger partial charge in [0, 0.05) is 4.90 Å². The molecule has 0 aliphatic rings. The van der Waals surface area contributed by atoms with Crippen LogP contribution in [0.25, 0.3) is 10.8 Å². The Hall–Kier alpha value is -1.30. The van der Waals surface area contributed by atoms with E-state index in [4.69, 9.17) is 16.0 Å². The molecule has 1 atom stereocenters. The number of halogens is 1. The summed E-state index contributed by atoms with van der Waals surface area (Å²) < 4.78 is 5.73. The van der Waals surface area contributed by atoms with Crippen LogP contribution in [0.5, 0.6) is 0 Å². The Bertz CT molecular complexity index is 697. The van der Waals surface area contributed by atoms with Gasteiger partial charge in [0.05, 0.1) is 15.1 Å². The van der Waals surface area contributed by atoms with Gasteiger partial charge in [0.1, 0.15) is 0 Å². The number of benzene rings is 1. The molecule has 0 aliphatic carbocycles. The third kappa shape index (κ3) is 2.90. The van der Waals surface area contributed by atoms with Gasteiger partial charge in [0.2, 0.25) is 5.89 Å². The van der Waals surface area contributed by atoms with E-state index in [1.165, 1.54) is 0 Å². The highest BCUT2D eigenvalue weighted by Crippen LogP contribution is 2.38. The molecule has 2 heterocycles. The molecule has 0 saturated heterocycles. The normalized spacial score (nSPS) is 12.5. The highest BCUT2D eigenvalue weighted by Gasteiger charge is 2.17. The first kappa shape index (κ1) is 13.7. The number of thiophene rings is 1. The van der Waals surface area contributed by atoms with Crippen LogP contribution in [0.3, 0.4) is 0 Å². The minimum absolute atomic E-state index is 0.0520. The van der Waals surface area contributed by atoms with E-state index in [-0.39, 0.29) is 5.25 Å². The summed E-state index contributed by atoms with van der Waals surface area (Å²) >= 11 is 9.35. The Morgan fingerprint density at radius 1 is 1.20 bits per heavy atom. The zero-order valence-electron chi connectivity index (χ0n) is 10.6. The van der Waals surface area contributed by atoms with Crippen molar-refractivity contribution >= 4 is 34.7 Å². The molecule has 1 unspecified atom stereocenters. The summed E-state index contributed by atoms with van der Waals surface area (Å²) in [5.74, 6) is 1.18. The molecule has 3 nitrogen and oxygen atoms in total. The fraction of sp³-hybridized carbons (Fsp3) is 0.143. The van der Waals surface area contributed by atoms with Crippen molar-refractivity contribution in [1.29, 1.82) is 0 Å². The van der Waals surface area contributed by atoms with Gasteiger partial charge >= 0.3 is 0 Å². The van der Waals surface area contributed by atoms with Crippen molar-refractivity contribution in [1.82, 2.24) is 10.2 Å². The Balaban J connectivity index is 1.78. The Morgan fingerprint density at radius 3 is 2.80 bits per heavy atom. The standard InChI is InChI=1S/C14H11ClN2OS2/c1-9(20-11-6-3-2-5-10(11)15)13-16-17-14(18-13)12-7-4-8-19-12/h2-9H,1H3. The third-order valence-corrected chi connectivity index (χ3v) is 5.13. The van der Waals surface area contributed by atoms with Gasteiger partial charge in [-0.15, -0.1) is 33.3 Å². The van der Waals surface area contributed by atoms with Gasteiger partial charge in [-0.05, 0) is 30.5 Å². The molecule has 0 spiro atoms. The van der Waals surface area contributed by atoms with Gasteiger partial charge in [-0.2, -0.15) is 0 Å².